The van der Waals surface area contributed by atoms with E-state index >= 15 is 0 Å². The third kappa shape index (κ3) is 12.2. The Kier molecular flexibility index (Phi) is 16.0. The van der Waals surface area contributed by atoms with E-state index in [9.17, 15) is 38.7 Å². The summed E-state index contributed by atoms with van der Waals surface area (Å²) in [5.41, 5.74) is 0.732. The molecule has 0 spiro atoms. The molecule has 5 amide bonds. The number of hydrogen-bond donors (Lipinski definition) is 5. The molecule has 1 fully saturated rings. The third-order valence-electron chi connectivity index (χ3n) is 9.53. The summed E-state index contributed by atoms with van der Waals surface area (Å²) in [6.07, 6.45) is 5.30. The Balaban J connectivity index is 1.64. The first-order valence-electron chi connectivity index (χ1n) is 18.2. The van der Waals surface area contributed by atoms with Crippen molar-refractivity contribution in [1.82, 2.24) is 36.1 Å². The van der Waals surface area contributed by atoms with Crippen LogP contribution in [0.4, 0.5) is 0 Å². The Morgan fingerprint density at radius 3 is 2.17 bits per heavy atom. The van der Waals surface area contributed by atoms with Gasteiger partial charge in [0.2, 0.25) is 23.5 Å². The minimum atomic E-state index is -1.33. The first-order chi connectivity index (χ1) is 25.1. The molecule has 15 nitrogen and oxygen atoms in total. The van der Waals surface area contributed by atoms with Gasteiger partial charge in [0.25, 0.3) is 11.8 Å². The molecule has 2 heterocycles. The van der Waals surface area contributed by atoms with Crippen molar-refractivity contribution < 1.29 is 38.7 Å². The van der Waals surface area contributed by atoms with Gasteiger partial charge in [-0.3, -0.25) is 33.8 Å². The summed E-state index contributed by atoms with van der Waals surface area (Å²) in [6, 6.07) is 4.48. The number of carbonyl (C=O) groups is 7. The number of rotatable bonds is 18. The number of nitrogens with zero attached hydrogens (tertiary/aromatic N) is 3. The number of likely N-dealkylation sites (tertiary alicyclic amines) is 1. The third-order valence-corrected chi connectivity index (χ3v) is 9.53. The lowest BCUT2D eigenvalue weighted by molar-refractivity contribution is -0.148. The number of Topliss-reactive ketones (excluding diaryl/α,β-unsaturated/α-hetero) is 1. The normalized spacial score (nSPS) is 18.3. The van der Waals surface area contributed by atoms with E-state index in [1.54, 1.807) is 58.0 Å². The number of carbonyl (C=O) groups excluding carboxylic acids is 6. The molecule has 15 heteroatoms. The van der Waals surface area contributed by atoms with Crippen LogP contribution in [0.15, 0.2) is 48.9 Å². The van der Waals surface area contributed by atoms with Crippen LogP contribution in [0.1, 0.15) is 83.3 Å². The monoisotopic (exact) mass is 735 g/mol. The number of aromatic nitrogens is 2. The van der Waals surface area contributed by atoms with Gasteiger partial charge in [0.15, 0.2) is 0 Å². The first-order valence-corrected chi connectivity index (χ1v) is 18.2. The van der Waals surface area contributed by atoms with E-state index in [1.807, 2.05) is 13.8 Å². The SMILES string of the molecule is CCCC(C(=O)C(=O)N[C@H](Cc1ccccc1)C(=O)O)N1CC[C@@H](CNC(=O)[C@@H](NC(=O)[C@H](NC(=O)c2cnccn2)C(C)C)C(C)C)[C@H](C)CC1=O. The number of aliphatic carboxylic acids is 1. The highest BCUT2D eigenvalue weighted by molar-refractivity contribution is 6.38. The minimum Gasteiger partial charge on any atom is -0.480 e. The van der Waals surface area contributed by atoms with Crippen molar-refractivity contribution in [3.8, 4) is 0 Å². The fraction of sp³-hybridized carbons (Fsp3) is 0.553. The summed E-state index contributed by atoms with van der Waals surface area (Å²) in [5.74, 6) is -5.99. The standard InChI is InChI=1S/C38H53N7O8/c1-7-11-29(33(47)37(51)42-27(38(52)53)19-25-12-9-8-10-13-25)45-17-14-26(24(6)18-30(45)46)20-41-35(49)31(22(2)3)44-36(50)32(23(4)5)43-34(48)28-21-39-15-16-40-28/h8-10,12-13,15-16,21-24,26-27,29,31-32H,7,11,14,17-20H2,1-6H3,(H,41,49)(H,42,51)(H,43,48)(H,44,50)(H,52,53)/t24-,26+,27-,29?,31+,32-/m1/s1. The molecule has 1 aromatic heterocycles. The molecule has 53 heavy (non-hydrogen) atoms. The fourth-order valence-corrected chi connectivity index (χ4v) is 6.32. The quantitative estimate of drug-likeness (QED) is 0.140. The molecule has 1 aromatic carbocycles. The summed E-state index contributed by atoms with van der Waals surface area (Å²) in [7, 11) is 0. The number of ketones is 1. The molecule has 0 radical (unpaired) electrons. The Bertz CT molecular complexity index is 1590. The molecule has 288 valence electrons. The summed E-state index contributed by atoms with van der Waals surface area (Å²) in [6.45, 7) is 11.2. The number of hydrogen-bond acceptors (Lipinski definition) is 9. The van der Waals surface area contributed by atoms with Gasteiger partial charge in [-0.25, -0.2) is 9.78 Å². The topological polar surface area (TPSA) is 217 Å². The van der Waals surface area contributed by atoms with Gasteiger partial charge in [-0.2, -0.15) is 0 Å². The van der Waals surface area contributed by atoms with E-state index < -0.39 is 59.5 Å². The van der Waals surface area contributed by atoms with Gasteiger partial charge in [0, 0.05) is 38.3 Å². The number of amides is 5. The second kappa shape index (κ2) is 20.1. The lowest BCUT2D eigenvalue weighted by atomic mass is 9.89. The molecule has 0 saturated carbocycles. The van der Waals surface area contributed by atoms with Crippen molar-refractivity contribution in [3.63, 3.8) is 0 Å². The number of carboxylic acid groups (broad SMARTS) is 1. The number of benzene rings is 1. The predicted octanol–water partition coefficient (Wildman–Crippen LogP) is 1.91. The highest BCUT2D eigenvalue weighted by Gasteiger charge is 2.38. The average molecular weight is 736 g/mol. The van der Waals surface area contributed by atoms with Gasteiger partial charge in [0.1, 0.15) is 29.9 Å². The van der Waals surface area contributed by atoms with Crippen LogP contribution in [-0.2, 0) is 35.2 Å². The van der Waals surface area contributed by atoms with Crippen LogP contribution >= 0.6 is 0 Å². The van der Waals surface area contributed by atoms with Gasteiger partial charge in [0.05, 0.1) is 6.20 Å². The van der Waals surface area contributed by atoms with Crippen molar-refractivity contribution in [2.75, 3.05) is 13.1 Å². The van der Waals surface area contributed by atoms with Crippen LogP contribution in [-0.4, -0.2) is 98.5 Å². The zero-order chi connectivity index (χ0) is 39.2. The van der Waals surface area contributed by atoms with Crippen LogP contribution in [0.3, 0.4) is 0 Å². The molecule has 0 bridgehead atoms. The number of nitrogens with one attached hydrogen (secondary N) is 4. The lowest BCUT2D eigenvalue weighted by Gasteiger charge is -2.30. The fourth-order valence-electron chi connectivity index (χ4n) is 6.32. The van der Waals surface area contributed by atoms with Gasteiger partial charge < -0.3 is 31.3 Å². The van der Waals surface area contributed by atoms with Gasteiger partial charge in [-0.05, 0) is 42.1 Å². The zero-order valence-corrected chi connectivity index (χ0v) is 31.3. The van der Waals surface area contributed by atoms with E-state index in [-0.39, 0.29) is 67.6 Å². The largest absolute Gasteiger partial charge is 0.480 e. The maximum absolute atomic E-state index is 13.5. The molecule has 1 aliphatic heterocycles. The van der Waals surface area contributed by atoms with E-state index in [1.165, 1.54) is 23.5 Å². The van der Waals surface area contributed by atoms with E-state index in [0.29, 0.717) is 18.4 Å². The molecule has 1 aliphatic rings. The van der Waals surface area contributed by atoms with Crippen LogP contribution in [0, 0.1) is 23.7 Å². The molecule has 2 aromatic rings. The lowest BCUT2D eigenvalue weighted by Crippen LogP contribution is -2.57. The van der Waals surface area contributed by atoms with Gasteiger partial charge >= 0.3 is 5.97 Å². The highest BCUT2D eigenvalue weighted by Crippen LogP contribution is 2.27. The first kappa shape index (κ1) is 42.2. The van der Waals surface area contributed by atoms with Gasteiger partial charge in [-0.1, -0.05) is 78.3 Å². The maximum Gasteiger partial charge on any atom is 0.326 e. The van der Waals surface area contributed by atoms with Crippen molar-refractivity contribution in [1.29, 1.82) is 0 Å². The van der Waals surface area contributed by atoms with Crippen LogP contribution in [0.25, 0.3) is 0 Å². The molecule has 3 rings (SSSR count). The molecule has 5 N–H and O–H groups in total. The molecule has 6 atom stereocenters. The minimum absolute atomic E-state index is 0.0126. The van der Waals surface area contributed by atoms with Crippen molar-refractivity contribution >= 4 is 41.3 Å². The van der Waals surface area contributed by atoms with E-state index in [4.69, 9.17) is 0 Å². The Morgan fingerprint density at radius 2 is 1.58 bits per heavy atom. The Morgan fingerprint density at radius 1 is 0.925 bits per heavy atom. The molecular weight excluding hydrogens is 682 g/mol. The van der Waals surface area contributed by atoms with Crippen molar-refractivity contribution in [2.24, 2.45) is 23.7 Å². The Hall–Kier alpha value is -5.21. The molecule has 1 unspecified atom stereocenters. The summed E-state index contributed by atoms with van der Waals surface area (Å²) < 4.78 is 0. The van der Waals surface area contributed by atoms with E-state index in [0.717, 1.165) is 0 Å². The summed E-state index contributed by atoms with van der Waals surface area (Å²) in [5, 5.41) is 20.5. The highest BCUT2D eigenvalue weighted by atomic mass is 16.4. The summed E-state index contributed by atoms with van der Waals surface area (Å²) in [4.78, 5) is 101. The van der Waals surface area contributed by atoms with Crippen LogP contribution in [0.5, 0.6) is 0 Å². The van der Waals surface area contributed by atoms with Crippen LogP contribution in [0.2, 0.25) is 0 Å². The van der Waals surface area contributed by atoms with Crippen molar-refractivity contribution in [3.05, 3.63) is 60.2 Å². The zero-order valence-electron chi connectivity index (χ0n) is 31.3. The average Bonchev–Trinajstić information content (AvgIpc) is 3.26. The van der Waals surface area contributed by atoms with Crippen molar-refractivity contribution in [2.45, 2.75) is 97.8 Å². The maximum atomic E-state index is 13.5. The van der Waals surface area contributed by atoms with Gasteiger partial charge in [-0.15, -0.1) is 0 Å². The predicted molar refractivity (Wildman–Crippen MR) is 195 cm³/mol. The van der Waals surface area contributed by atoms with E-state index in [2.05, 4.69) is 31.2 Å². The molecule has 1 saturated heterocycles. The van der Waals surface area contributed by atoms with Crippen LogP contribution < -0.4 is 21.3 Å². The molecule has 0 aliphatic carbocycles. The summed E-state index contributed by atoms with van der Waals surface area (Å²) >= 11 is 0. The number of carboxylic acids is 1. The molecular formula is C38H53N7O8. The second-order valence-electron chi connectivity index (χ2n) is 14.3. The Labute approximate surface area is 310 Å². The smallest absolute Gasteiger partial charge is 0.326 e. The second-order valence-corrected chi connectivity index (χ2v) is 14.3.